The molecule has 2 atom stereocenters. The SMILES string of the molecule is CCCOCC(=O)N1CCC(N)CC1C. The second kappa shape index (κ2) is 6.08. The molecular weight excluding hydrogens is 192 g/mol. The molecule has 0 aliphatic carbocycles. The van der Waals surface area contributed by atoms with E-state index >= 15 is 0 Å². The maximum Gasteiger partial charge on any atom is 0.248 e. The van der Waals surface area contributed by atoms with Crippen LogP contribution >= 0.6 is 0 Å². The Bertz CT molecular complexity index is 209. The van der Waals surface area contributed by atoms with Crippen molar-refractivity contribution < 1.29 is 9.53 Å². The molecule has 0 saturated carbocycles. The molecule has 4 heteroatoms. The molecule has 15 heavy (non-hydrogen) atoms. The summed E-state index contributed by atoms with van der Waals surface area (Å²) in [4.78, 5) is 13.6. The average molecular weight is 214 g/mol. The van der Waals surface area contributed by atoms with Crippen LogP contribution in [0.25, 0.3) is 0 Å². The Balaban J connectivity index is 2.32. The van der Waals surface area contributed by atoms with Gasteiger partial charge in [-0.05, 0) is 26.2 Å². The monoisotopic (exact) mass is 214 g/mol. The molecule has 0 aromatic rings. The Morgan fingerprint density at radius 1 is 1.60 bits per heavy atom. The van der Waals surface area contributed by atoms with Crippen LogP contribution in [0.2, 0.25) is 0 Å². The summed E-state index contributed by atoms with van der Waals surface area (Å²) in [6.45, 7) is 5.74. The molecule has 1 saturated heterocycles. The molecule has 0 aromatic carbocycles. The molecule has 1 aliphatic heterocycles. The Kier molecular flexibility index (Phi) is 5.05. The number of nitrogens with zero attached hydrogens (tertiary/aromatic N) is 1. The van der Waals surface area contributed by atoms with Crippen LogP contribution in [0.15, 0.2) is 0 Å². The van der Waals surface area contributed by atoms with Gasteiger partial charge >= 0.3 is 0 Å². The molecule has 0 radical (unpaired) electrons. The lowest BCUT2D eigenvalue weighted by Crippen LogP contribution is -2.49. The van der Waals surface area contributed by atoms with E-state index in [2.05, 4.69) is 6.92 Å². The number of carbonyl (C=O) groups excluding carboxylic acids is 1. The van der Waals surface area contributed by atoms with Crippen LogP contribution in [-0.2, 0) is 9.53 Å². The molecule has 1 heterocycles. The van der Waals surface area contributed by atoms with E-state index in [4.69, 9.17) is 10.5 Å². The van der Waals surface area contributed by atoms with Crippen molar-refractivity contribution in [3.63, 3.8) is 0 Å². The molecule has 2 N–H and O–H groups in total. The van der Waals surface area contributed by atoms with Gasteiger partial charge in [-0.25, -0.2) is 0 Å². The van der Waals surface area contributed by atoms with Gasteiger partial charge in [0.15, 0.2) is 0 Å². The van der Waals surface area contributed by atoms with Crippen LogP contribution in [0, 0.1) is 0 Å². The lowest BCUT2D eigenvalue weighted by molar-refractivity contribution is -0.139. The van der Waals surface area contributed by atoms with Crippen molar-refractivity contribution in [2.75, 3.05) is 19.8 Å². The highest BCUT2D eigenvalue weighted by Gasteiger charge is 2.26. The van der Waals surface area contributed by atoms with Crippen LogP contribution < -0.4 is 5.73 Å². The maximum absolute atomic E-state index is 11.8. The van der Waals surface area contributed by atoms with Crippen LogP contribution in [0.3, 0.4) is 0 Å². The van der Waals surface area contributed by atoms with E-state index in [1.54, 1.807) is 0 Å². The summed E-state index contributed by atoms with van der Waals surface area (Å²) in [6.07, 6.45) is 2.76. The molecule has 1 aliphatic rings. The molecule has 2 unspecified atom stereocenters. The third kappa shape index (κ3) is 3.80. The van der Waals surface area contributed by atoms with Crippen LogP contribution in [-0.4, -0.2) is 42.6 Å². The second-order valence-corrected chi connectivity index (χ2v) is 4.27. The fourth-order valence-corrected chi connectivity index (χ4v) is 1.97. The first-order chi connectivity index (χ1) is 7.15. The highest BCUT2D eigenvalue weighted by molar-refractivity contribution is 5.77. The largest absolute Gasteiger partial charge is 0.372 e. The van der Waals surface area contributed by atoms with Gasteiger partial charge in [0.05, 0.1) is 0 Å². The van der Waals surface area contributed by atoms with Crippen molar-refractivity contribution in [1.82, 2.24) is 4.90 Å². The van der Waals surface area contributed by atoms with Gasteiger partial charge in [0.2, 0.25) is 5.91 Å². The predicted octanol–water partition coefficient (Wildman–Crippen LogP) is 0.751. The zero-order chi connectivity index (χ0) is 11.3. The molecule has 1 fully saturated rings. The third-order valence-electron chi connectivity index (χ3n) is 2.81. The van der Waals surface area contributed by atoms with Gasteiger partial charge in [-0.1, -0.05) is 6.92 Å². The molecule has 88 valence electrons. The molecular formula is C11H22N2O2. The zero-order valence-electron chi connectivity index (χ0n) is 9.74. The quantitative estimate of drug-likeness (QED) is 0.703. The van der Waals surface area contributed by atoms with Crippen molar-refractivity contribution >= 4 is 5.91 Å². The van der Waals surface area contributed by atoms with E-state index in [0.717, 1.165) is 25.8 Å². The summed E-state index contributed by atoms with van der Waals surface area (Å²) in [7, 11) is 0. The highest BCUT2D eigenvalue weighted by atomic mass is 16.5. The number of hydrogen-bond donors (Lipinski definition) is 1. The van der Waals surface area contributed by atoms with Crippen LogP contribution in [0.5, 0.6) is 0 Å². The minimum Gasteiger partial charge on any atom is -0.372 e. The topological polar surface area (TPSA) is 55.6 Å². The molecule has 4 nitrogen and oxygen atoms in total. The van der Waals surface area contributed by atoms with Gasteiger partial charge in [-0.2, -0.15) is 0 Å². The number of likely N-dealkylation sites (tertiary alicyclic amines) is 1. The minimum atomic E-state index is 0.0999. The van der Waals surface area contributed by atoms with Crippen molar-refractivity contribution in [3.8, 4) is 0 Å². The van der Waals surface area contributed by atoms with Gasteiger partial charge in [-0.15, -0.1) is 0 Å². The first kappa shape index (κ1) is 12.5. The van der Waals surface area contributed by atoms with Crippen LogP contribution in [0.4, 0.5) is 0 Å². The zero-order valence-corrected chi connectivity index (χ0v) is 9.74. The molecule has 0 spiro atoms. The van der Waals surface area contributed by atoms with E-state index in [-0.39, 0.29) is 24.6 Å². The fraction of sp³-hybridized carbons (Fsp3) is 0.909. The van der Waals surface area contributed by atoms with E-state index < -0.39 is 0 Å². The van der Waals surface area contributed by atoms with E-state index in [0.29, 0.717) is 6.61 Å². The molecule has 1 amide bonds. The minimum absolute atomic E-state index is 0.0999. The molecule has 0 bridgehead atoms. The van der Waals surface area contributed by atoms with Gasteiger partial charge in [0, 0.05) is 25.2 Å². The second-order valence-electron chi connectivity index (χ2n) is 4.27. The summed E-state index contributed by atoms with van der Waals surface area (Å²) in [5.74, 6) is 0.0999. The van der Waals surface area contributed by atoms with E-state index in [9.17, 15) is 4.79 Å². The Labute approximate surface area is 91.8 Å². The first-order valence-electron chi connectivity index (χ1n) is 5.78. The predicted molar refractivity (Wildman–Crippen MR) is 59.5 cm³/mol. The number of piperidine rings is 1. The summed E-state index contributed by atoms with van der Waals surface area (Å²) in [5, 5.41) is 0. The number of carbonyl (C=O) groups is 1. The number of ether oxygens (including phenoxy) is 1. The summed E-state index contributed by atoms with van der Waals surface area (Å²) in [5.41, 5.74) is 5.84. The summed E-state index contributed by atoms with van der Waals surface area (Å²) >= 11 is 0. The number of amides is 1. The van der Waals surface area contributed by atoms with Crippen molar-refractivity contribution in [2.45, 2.75) is 45.2 Å². The lowest BCUT2D eigenvalue weighted by Gasteiger charge is -2.36. The van der Waals surface area contributed by atoms with Gasteiger partial charge in [0.25, 0.3) is 0 Å². The van der Waals surface area contributed by atoms with Crippen LogP contribution in [0.1, 0.15) is 33.1 Å². The highest BCUT2D eigenvalue weighted by Crippen LogP contribution is 2.15. The number of hydrogen-bond acceptors (Lipinski definition) is 3. The maximum atomic E-state index is 11.8. The standard InChI is InChI=1S/C11H22N2O2/c1-3-6-15-8-11(14)13-5-4-10(12)7-9(13)2/h9-10H,3-8,12H2,1-2H3. The summed E-state index contributed by atoms with van der Waals surface area (Å²) < 4.78 is 5.25. The Morgan fingerprint density at radius 3 is 2.93 bits per heavy atom. The normalized spacial score (nSPS) is 26.7. The molecule has 1 rings (SSSR count). The van der Waals surface area contributed by atoms with Gasteiger partial charge in [-0.3, -0.25) is 4.79 Å². The lowest BCUT2D eigenvalue weighted by atomic mass is 9.99. The summed E-state index contributed by atoms with van der Waals surface area (Å²) in [6, 6.07) is 0.507. The Morgan fingerprint density at radius 2 is 2.33 bits per heavy atom. The third-order valence-corrected chi connectivity index (χ3v) is 2.81. The van der Waals surface area contributed by atoms with E-state index in [1.807, 2.05) is 11.8 Å². The van der Waals surface area contributed by atoms with Crippen molar-refractivity contribution in [3.05, 3.63) is 0 Å². The first-order valence-corrected chi connectivity index (χ1v) is 5.78. The molecule has 0 aromatic heterocycles. The number of nitrogens with two attached hydrogens (primary N) is 1. The van der Waals surface area contributed by atoms with E-state index in [1.165, 1.54) is 0 Å². The van der Waals surface area contributed by atoms with Crippen molar-refractivity contribution in [1.29, 1.82) is 0 Å². The smallest absolute Gasteiger partial charge is 0.248 e. The van der Waals surface area contributed by atoms with Gasteiger partial charge < -0.3 is 15.4 Å². The fourth-order valence-electron chi connectivity index (χ4n) is 1.97. The van der Waals surface area contributed by atoms with Crippen molar-refractivity contribution in [2.24, 2.45) is 5.73 Å². The number of rotatable bonds is 4. The van der Waals surface area contributed by atoms with Gasteiger partial charge in [0.1, 0.15) is 6.61 Å². The average Bonchev–Trinajstić information content (AvgIpc) is 2.17. The Hall–Kier alpha value is -0.610.